The van der Waals surface area contributed by atoms with Crippen molar-refractivity contribution in [3.63, 3.8) is 0 Å². The van der Waals surface area contributed by atoms with Crippen molar-refractivity contribution in [2.75, 3.05) is 6.54 Å². The Hall–Kier alpha value is -1.75. The first-order valence-corrected chi connectivity index (χ1v) is 7.09. The van der Waals surface area contributed by atoms with Gasteiger partial charge in [-0.2, -0.15) is 0 Å². The second-order valence-electron chi connectivity index (χ2n) is 4.97. The summed E-state index contributed by atoms with van der Waals surface area (Å²) in [6.07, 6.45) is 6.24. The summed E-state index contributed by atoms with van der Waals surface area (Å²) >= 11 is 5.76. The van der Waals surface area contributed by atoms with Crippen molar-refractivity contribution >= 4 is 17.5 Å². The summed E-state index contributed by atoms with van der Waals surface area (Å²) in [4.78, 5) is 18.9. The first-order valence-electron chi connectivity index (χ1n) is 6.71. The van der Waals surface area contributed by atoms with Crippen LogP contribution in [0.3, 0.4) is 0 Å². The Morgan fingerprint density at radius 1 is 1.55 bits per heavy atom. The molecule has 0 spiro atoms. The van der Waals surface area contributed by atoms with Gasteiger partial charge in [0.05, 0.1) is 5.02 Å². The van der Waals surface area contributed by atoms with Gasteiger partial charge in [0.1, 0.15) is 11.5 Å². The number of hydrogen-bond donors (Lipinski definition) is 2. The Balaban J connectivity index is 1.76. The molecular weight excluding hydrogens is 276 g/mol. The number of aryl methyl sites for hydroxylation is 1. The Bertz CT molecular complexity index is 573. The maximum Gasteiger partial charge on any atom is 0.267 e. The highest BCUT2D eigenvalue weighted by molar-refractivity contribution is 6.30. The molecule has 0 aliphatic heterocycles. The SMILES string of the molecule is CC(C)c1nccn1CCCNC(=O)c1cc(Cl)c[nH]1. The quantitative estimate of drug-likeness (QED) is 0.805. The van der Waals surface area contributed by atoms with Crippen molar-refractivity contribution in [2.24, 2.45) is 0 Å². The van der Waals surface area contributed by atoms with Crippen LogP contribution in [0.25, 0.3) is 0 Å². The summed E-state index contributed by atoms with van der Waals surface area (Å²) in [6, 6.07) is 1.61. The molecule has 5 nitrogen and oxygen atoms in total. The fourth-order valence-corrected chi connectivity index (χ4v) is 2.22. The second kappa shape index (κ2) is 6.61. The van der Waals surface area contributed by atoms with E-state index in [0.29, 0.717) is 23.2 Å². The van der Waals surface area contributed by atoms with Crippen molar-refractivity contribution in [1.29, 1.82) is 0 Å². The van der Waals surface area contributed by atoms with E-state index in [2.05, 4.69) is 33.7 Å². The van der Waals surface area contributed by atoms with Crippen LogP contribution < -0.4 is 5.32 Å². The number of amides is 1. The van der Waals surface area contributed by atoms with E-state index in [0.717, 1.165) is 18.8 Å². The number of imidazole rings is 1. The molecule has 0 radical (unpaired) electrons. The number of halogens is 1. The minimum absolute atomic E-state index is 0.133. The third kappa shape index (κ3) is 3.63. The topological polar surface area (TPSA) is 62.7 Å². The van der Waals surface area contributed by atoms with Crippen LogP contribution in [0.4, 0.5) is 0 Å². The average molecular weight is 295 g/mol. The van der Waals surface area contributed by atoms with Crippen LogP contribution in [0.2, 0.25) is 5.02 Å². The van der Waals surface area contributed by atoms with E-state index >= 15 is 0 Å². The molecule has 0 aromatic carbocycles. The molecule has 0 fully saturated rings. The Morgan fingerprint density at radius 2 is 2.35 bits per heavy atom. The predicted molar refractivity (Wildman–Crippen MR) is 79.1 cm³/mol. The number of nitrogens with zero attached hydrogens (tertiary/aromatic N) is 2. The number of carbonyl (C=O) groups is 1. The highest BCUT2D eigenvalue weighted by Gasteiger charge is 2.08. The van der Waals surface area contributed by atoms with Gasteiger partial charge >= 0.3 is 0 Å². The Labute approximate surface area is 123 Å². The molecule has 20 heavy (non-hydrogen) atoms. The summed E-state index contributed by atoms with van der Waals surface area (Å²) in [6.45, 7) is 5.70. The van der Waals surface area contributed by atoms with Gasteiger partial charge < -0.3 is 14.9 Å². The summed E-state index contributed by atoms with van der Waals surface area (Å²) < 4.78 is 2.13. The molecule has 0 unspecified atom stereocenters. The first-order chi connectivity index (χ1) is 9.58. The van der Waals surface area contributed by atoms with Crippen molar-refractivity contribution in [2.45, 2.75) is 32.7 Å². The molecule has 108 valence electrons. The Morgan fingerprint density at radius 3 is 3.00 bits per heavy atom. The van der Waals surface area contributed by atoms with Crippen LogP contribution >= 0.6 is 11.6 Å². The molecule has 2 rings (SSSR count). The molecule has 0 aliphatic carbocycles. The lowest BCUT2D eigenvalue weighted by Crippen LogP contribution is -2.25. The number of hydrogen-bond acceptors (Lipinski definition) is 2. The lowest BCUT2D eigenvalue weighted by atomic mass is 10.2. The van der Waals surface area contributed by atoms with Crippen LogP contribution in [0.15, 0.2) is 24.7 Å². The van der Waals surface area contributed by atoms with Gasteiger partial charge in [0.2, 0.25) is 0 Å². The van der Waals surface area contributed by atoms with Gasteiger partial charge in [-0.25, -0.2) is 4.98 Å². The highest BCUT2D eigenvalue weighted by Crippen LogP contribution is 2.12. The third-order valence-electron chi connectivity index (χ3n) is 3.02. The molecule has 2 N–H and O–H groups in total. The molecular formula is C14H19ClN4O. The van der Waals surface area contributed by atoms with E-state index in [1.807, 2.05) is 12.4 Å². The lowest BCUT2D eigenvalue weighted by Gasteiger charge is -2.10. The van der Waals surface area contributed by atoms with Gasteiger partial charge in [0.15, 0.2) is 0 Å². The molecule has 2 aromatic rings. The van der Waals surface area contributed by atoms with E-state index in [1.165, 1.54) is 0 Å². The lowest BCUT2D eigenvalue weighted by molar-refractivity contribution is 0.0948. The van der Waals surface area contributed by atoms with E-state index in [4.69, 9.17) is 11.6 Å². The largest absolute Gasteiger partial charge is 0.356 e. The molecule has 0 atom stereocenters. The number of rotatable bonds is 6. The van der Waals surface area contributed by atoms with E-state index in [1.54, 1.807) is 12.3 Å². The van der Waals surface area contributed by atoms with Crippen LogP contribution in [0.5, 0.6) is 0 Å². The molecule has 6 heteroatoms. The number of H-pyrrole nitrogens is 1. The smallest absolute Gasteiger partial charge is 0.267 e. The van der Waals surface area contributed by atoms with Crippen LogP contribution in [0.1, 0.15) is 42.5 Å². The summed E-state index contributed by atoms with van der Waals surface area (Å²) in [7, 11) is 0. The van der Waals surface area contributed by atoms with Gasteiger partial charge in [-0.15, -0.1) is 0 Å². The third-order valence-corrected chi connectivity index (χ3v) is 3.24. The van der Waals surface area contributed by atoms with Crippen molar-refractivity contribution in [3.8, 4) is 0 Å². The summed E-state index contributed by atoms with van der Waals surface area (Å²) in [5.41, 5.74) is 0.487. The van der Waals surface area contributed by atoms with E-state index in [-0.39, 0.29) is 5.91 Å². The summed E-state index contributed by atoms with van der Waals surface area (Å²) in [5.74, 6) is 1.35. The van der Waals surface area contributed by atoms with Gasteiger partial charge in [-0.05, 0) is 12.5 Å². The Kier molecular flexibility index (Phi) is 4.84. The minimum Gasteiger partial charge on any atom is -0.356 e. The number of nitrogens with one attached hydrogen (secondary N) is 2. The van der Waals surface area contributed by atoms with E-state index in [9.17, 15) is 4.79 Å². The maximum absolute atomic E-state index is 11.8. The molecule has 2 aromatic heterocycles. The molecule has 0 saturated carbocycles. The zero-order valence-corrected chi connectivity index (χ0v) is 12.4. The normalized spacial score (nSPS) is 11.0. The maximum atomic E-state index is 11.8. The standard InChI is InChI=1S/C14H19ClN4O/c1-10(2)13-16-5-7-19(13)6-3-4-17-14(20)12-8-11(15)9-18-12/h5,7-10,18H,3-4,6H2,1-2H3,(H,17,20). The number of aromatic nitrogens is 3. The first kappa shape index (κ1) is 14.7. The van der Waals surface area contributed by atoms with Gasteiger partial charge in [-0.1, -0.05) is 25.4 Å². The monoisotopic (exact) mass is 294 g/mol. The van der Waals surface area contributed by atoms with Crippen molar-refractivity contribution in [3.05, 3.63) is 41.2 Å². The van der Waals surface area contributed by atoms with Crippen LogP contribution in [-0.4, -0.2) is 27.0 Å². The van der Waals surface area contributed by atoms with Crippen molar-refractivity contribution in [1.82, 2.24) is 19.9 Å². The fraction of sp³-hybridized carbons (Fsp3) is 0.429. The van der Waals surface area contributed by atoms with Gasteiger partial charge in [0, 0.05) is 37.6 Å². The predicted octanol–water partition coefficient (Wildman–Crippen LogP) is 2.81. The molecule has 0 aliphatic rings. The van der Waals surface area contributed by atoms with E-state index < -0.39 is 0 Å². The summed E-state index contributed by atoms with van der Waals surface area (Å²) in [5, 5.41) is 3.40. The second-order valence-corrected chi connectivity index (χ2v) is 5.41. The number of carbonyl (C=O) groups excluding carboxylic acids is 1. The minimum atomic E-state index is -0.133. The fourth-order valence-electron chi connectivity index (χ4n) is 2.06. The molecule has 1 amide bonds. The van der Waals surface area contributed by atoms with Gasteiger partial charge in [-0.3, -0.25) is 4.79 Å². The highest BCUT2D eigenvalue weighted by atomic mass is 35.5. The van der Waals surface area contributed by atoms with Crippen molar-refractivity contribution < 1.29 is 4.79 Å². The average Bonchev–Trinajstić information content (AvgIpc) is 3.03. The number of aromatic amines is 1. The van der Waals surface area contributed by atoms with Gasteiger partial charge in [0.25, 0.3) is 5.91 Å². The molecule has 0 saturated heterocycles. The van der Waals surface area contributed by atoms with Crippen LogP contribution in [0, 0.1) is 0 Å². The molecule has 0 bridgehead atoms. The zero-order valence-electron chi connectivity index (χ0n) is 11.7. The zero-order chi connectivity index (χ0) is 14.5. The van der Waals surface area contributed by atoms with Crippen LogP contribution in [-0.2, 0) is 6.54 Å². The molecule has 2 heterocycles.